The van der Waals surface area contributed by atoms with Crippen LogP contribution in [0.2, 0.25) is 5.02 Å². The van der Waals surface area contributed by atoms with Gasteiger partial charge in [0.25, 0.3) is 5.91 Å². The van der Waals surface area contributed by atoms with Gasteiger partial charge in [-0.3, -0.25) is 9.59 Å². The highest BCUT2D eigenvalue weighted by molar-refractivity contribution is 6.30. The first-order valence-corrected chi connectivity index (χ1v) is 9.35. The highest BCUT2D eigenvalue weighted by atomic mass is 35.5. The molecule has 0 radical (unpaired) electrons. The van der Waals surface area contributed by atoms with Gasteiger partial charge in [-0.15, -0.1) is 0 Å². The molecule has 0 bridgehead atoms. The molecule has 2 aromatic heterocycles. The second kappa shape index (κ2) is 7.52. The van der Waals surface area contributed by atoms with E-state index in [2.05, 4.69) is 5.10 Å². The van der Waals surface area contributed by atoms with Crippen molar-refractivity contribution in [3.05, 3.63) is 59.4 Å². The van der Waals surface area contributed by atoms with Crippen molar-refractivity contribution in [3.8, 4) is 17.1 Å². The van der Waals surface area contributed by atoms with Gasteiger partial charge in [-0.2, -0.15) is 5.10 Å². The minimum atomic E-state index is -0.136. The van der Waals surface area contributed by atoms with Crippen LogP contribution < -0.4 is 0 Å². The first-order valence-electron chi connectivity index (χ1n) is 8.97. The van der Waals surface area contributed by atoms with Crippen LogP contribution in [0.25, 0.3) is 17.1 Å². The largest absolute Gasteiger partial charge is 0.463 e. The van der Waals surface area contributed by atoms with Crippen molar-refractivity contribution in [1.29, 1.82) is 0 Å². The number of carbonyl (C=O) groups is 2. The fourth-order valence-corrected chi connectivity index (χ4v) is 3.37. The number of nitrogens with zero attached hydrogens (tertiary/aromatic N) is 4. The number of hydrogen-bond donors (Lipinski definition) is 0. The molecular weight excluding hydrogens is 380 g/mol. The Balaban J connectivity index is 1.68. The van der Waals surface area contributed by atoms with Crippen LogP contribution in [0.4, 0.5) is 0 Å². The molecule has 1 aliphatic rings. The normalized spacial score (nSPS) is 14.4. The topological polar surface area (TPSA) is 71.6 Å². The molecule has 4 rings (SSSR count). The van der Waals surface area contributed by atoms with Crippen LogP contribution in [0.5, 0.6) is 0 Å². The highest BCUT2D eigenvalue weighted by Crippen LogP contribution is 2.24. The first-order chi connectivity index (χ1) is 13.5. The standard InChI is InChI=1S/C20H19ClN4O3/c1-14(26)23-8-10-24(11-9-23)20(27)18-13-17(19-3-2-12-28-19)22-25(18)16-6-4-15(21)5-7-16/h2-7,12-13H,8-11H2,1H3. The van der Waals surface area contributed by atoms with Crippen molar-refractivity contribution in [2.45, 2.75) is 6.92 Å². The molecule has 0 saturated carbocycles. The zero-order valence-electron chi connectivity index (χ0n) is 15.3. The third-order valence-electron chi connectivity index (χ3n) is 4.79. The van der Waals surface area contributed by atoms with E-state index >= 15 is 0 Å². The second-order valence-electron chi connectivity index (χ2n) is 6.58. The van der Waals surface area contributed by atoms with E-state index in [9.17, 15) is 9.59 Å². The summed E-state index contributed by atoms with van der Waals surface area (Å²) in [4.78, 5) is 28.2. The number of rotatable bonds is 3. The molecule has 28 heavy (non-hydrogen) atoms. The minimum absolute atomic E-state index is 0.0263. The number of piperazine rings is 1. The van der Waals surface area contributed by atoms with Gasteiger partial charge in [0.2, 0.25) is 5.91 Å². The van der Waals surface area contributed by atoms with Gasteiger partial charge in [-0.25, -0.2) is 4.68 Å². The summed E-state index contributed by atoms with van der Waals surface area (Å²) in [5.41, 5.74) is 1.74. The zero-order valence-corrected chi connectivity index (χ0v) is 16.1. The molecule has 1 aliphatic heterocycles. The van der Waals surface area contributed by atoms with Crippen LogP contribution in [-0.4, -0.2) is 57.6 Å². The van der Waals surface area contributed by atoms with Crippen LogP contribution in [0.15, 0.2) is 53.1 Å². The predicted molar refractivity (Wildman–Crippen MR) is 104 cm³/mol. The fourth-order valence-electron chi connectivity index (χ4n) is 3.24. The lowest BCUT2D eigenvalue weighted by Crippen LogP contribution is -2.50. The molecule has 1 fully saturated rings. The Kier molecular flexibility index (Phi) is 4.92. The van der Waals surface area contributed by atoms with E-state index in [1.165, 1.54) is 0 Å². The summed E-state index contributed by atoms with van der Waals surface area (Å²) in [5, 5.41) is 5.19. The summed E-state index contributed by atoms with van der Waals surface area (Å²) in [7, 11) is 0. The fraction of sp³-hybridized carbons (Fsp3) is 0.250. The van der Waals surface area contributed by atoms with Gasteiger partial charge in [0.05, 0.1) is 12.0 Å². The van der Waals surface area contributed by atoms with Crippen molar-refractivity contribution in [2.24, 2.45) is 0 Å². The number of aromatic nitrogens is 2. The smallest absolute Gasteiger partial charge is 0.272 e. The van der Waals surface area contributed by atoms with Crippen LogP contribution in [0, 0.1) is 0 Å². The number of furan rings is 1. The van der Waals surface area contributed by atoms with E-state index in [1.54, 1.807) is 58.0 Å². The number of amides is 2. The number of halogens is 1. The molecular formula is C20H19ClN4O3. The minimum Gasteiger partial charge on any atom is -0.463 e. The first kappa shape index (κ1) is 18.3. The van der Waals surface area contributed by atoms with Crippen LogP contribution in [0.1, 0.15) is 17.4 Å². The molecule has 0 spiro atoms. The molecule has 2 amide bonds. The van der Waals surface area contributed by atoms with Gasteiger partial charge in [0, 0.05) is 44.2 Å². The molecule has 0 unspecified atom stereocenters. The summed E-state index contributed by atoms with van der Waals surface area (Å²) in [6.45, 7) is 3.58. The van der Waals surface area contributed by atoms with Gasteiger partial charge >= 0.3 is 0 Å². The molecule has 3 aromatic rings. The number of benzene rings is 1. The Hall–Kier alpha value is -3.06. The molecule has 7 nitrogen and oxygen atoms in total. The quantitative estimate of drug-likeness (QED) is 0.679. The van der Waals surface area contributed by atoms with Gasteiger partial charge in [-0.1, -0.05) is 11.6 Å². The molecule has 144 valence electrons. The van der Waals surface area contributed by atoms with E-state index in [4.69, 9.17) is 16.0 Å². The molecule has 1 aromatic carbocycles. The maximum Gasteiger partial charge on any atom is 0.272 e. The van der Waals surface area contributed by atoms with E-state index < -0.39 is 0 Å². The van der Waals surface area contributed by atoms with Gasteiger partial charge < -0.3 is 14.2 Å². The molecule has 1 saturated heterocycles. The monoisotopic (exact) mass is 398 g/mol. The SMILES string of the molecule is CC(=O)N1CCN(C(=O)c2cc(-c3ccco3)nn2-c2ccc(Cl)cc2)CC1. The summed E-state index contributed by atoms with van der Waals surface area (Å²) in [6, 6.07) is 12.4. The maximum absolute atomic E-state index is 13.2. The van der Waals surface area contributed by atoms with E-state index in [0.717, 1.165) is 5.69 Å². The summed E-state index contributed by atoms with van der Waals surface area (Å²) < 4.78 is 7.05. The van der Waals surface area contributed by atoms with Crippen molar-refractivity contribution >= 4 is 23.4 Å². The Morgan fingerprint density at radius 3 is 2.32 bits per heavy atom. The Bertz CT molecular complexity index is 987. The van der Waals surface area contributed by atoms with E-state index in [1.807, 2.05) is 12.1 Å². The van der Waals surface area contributed by atoms with Gasteiger partial charge in [0.1, 0.15) is 11.4 Å². The van der Waals surface area contributed by atoms with Gasteiger partial charge in [-0.05, 0) is 36.4 Å². The lowest BCUT2D eigenvalue weighted by atomic mass is 10.2. The third kappa shape index (κ3) is 3.53. The summed E-state index contributed by atoms with van der Waals surface area (Å²) in [5.74, 6) is 0.477. The second-order valence-corrected chi connectivity index (χ2v) is 7.02. The average Bonchev–Trinajstić information content (AvgIpc) is 3.38. The zero-order chi connectivity index (χ0) is 19.7. The summed E-state index contributed by atoms with van der Waals surface area (Å²) >= 11 is 6.00. The van der Waals surface area contributed by atoms with Crippen LogP contribution >= 0.6 is 11.6 Å². The van der Waals surface area contributed by atoms with Crippen LogP contribution in [0.3, 0.4) is 0 Å². The van der Waals surface area contributed by atoms with Gasteiger partial charge in [0.15, 0.2) is 5.76 Å². The Labute approximate surface area is 167 Å². The number of carbonyl (C=O) groups excluding carboxylic acids is 2. The average molecular weight is 399 g/mol. The van der Waals surface area contributed by atoms with Crippen molar-refractivity contribution < 1.29 is 14.0 Å². The lowest BCUT2D eigenvalue weighted by molar-refractivity contribution is -0.130. The predicted octanol–water partition coefficient (Wildman–Crippen LogP) is 3.09. The molecule has 8 heteroatoms. The summed E-state index contributed by atoms with van der Waals surface area (Å²) in [6.07, 6.45) is 1.57. The van der Waals surface area contributed by atoms with E-state index in [0.29, 0.717) is 48.3 Å². The van der Waals surface area contributed by atoms with Crippen molar-refractivity contribution in [2.75, 3.05) is 26.2 Å². The molecule has 3 heterocycles. The molecule has 0 atom stereocenters. The van der Waals surface area contributed by atoms with Crippen molar-refractivity contribution in [3.63, 3.8) is 0 Å². The van der Waals surface area contributed by atoms with E-state index in [-0.39, 0.29) is 11.8 Å². The Morgan fingerprint density at radius 1 is 1.04 bits per heavy atom. The molecule has 0 aliphatic carbocycles. The number of hydrogen-bond acceptors (Lipinski definition) is 4. The Morgan fingerprint density at radius 2 is 1.71 bits per heavy atom. The third-order valence-corrected chi connectivity index (χ3v) is 5.04. The lowest BCUT2D eigenvalue weighted by Gasteiger charge is -2.34. The highest BCUT2D eigenvalue weighted by Gasteiger charge is 2.27. The van der Waals surface area contributed by atoms with Crippen LogP contribution in [-0.2, 0) is 4.79 Å². The maximum atomic E-state index is 13.2. The molecule has 0 N–H and O–H groups in total. The van der Waals surface area contributed by atoms with Crippen molar-refractivity contribution in [1.82, 2.24) is 19.6 Å².